The molecule has 1 aliphatic rings. The Balaban J connectivity index is 1.93. The molecule has 0 bridgehead atoms. The number of nitrogens with one attached hydrogen (secondary N) is 1. The molecule has 0 saturated carbocycles. The fraction of sp³-hybridized carbons (Fsp3) is 0.294. The van der Waals surface area contributed by atoms with E-state index in [2.05, 4.69) is 72.9 Å². The normalized spacial score (nSPS) is 27.3. The first kappa shape index (κ1) is 11.5. The molecule has 0 spiro atoms. The topological polar surface area (TPSA) is 12.0 Å². The summed E-state index contributed by atoms with van der Waals surface area (Å²) in [5.74, 6) is 0.587. The molecular formula is C17H19N. The van der Waals surface area contributed by atoms with Crippen molar-refractivity contribution in [3.8, 4) is 0 Å². The Labute approximate surface area is 109 Å². The van der Waals surface area contributed by atoms with Gasteiger partial charge in [-0.25, -0.2) is 0 Å². The van der Waals surface area contributed by atoms with Crippen LogP contribution in [0, 0.1) is 0 Å². The Morgan fingerprint density at radius 3 is 2.00 bits per heavy atom. The van der Waals surface area contributed by atoms with Gasteiger partial charge >= 0.3 is 0 Å². The smallest absolute Gasteiger partial charge is 0.0392 e. The van der Waals surface area contributed by atoms with Crippen molar-refractivity contribution < 1.29 is 0 Å². The lowest BCUT2D eigenvalue weighted by molar-refractivity contribution is 0.559. The van der Waals surface area contributed by atoms with Gasteiger partial charge in [-0.05, 0) is 24.5 Å². The number of hydrogen-bond acceptors (Lipinski definition) is 1. The van der Waals surface area contributed by atoms with Gasteiger partial charge in [-0.2, -0.15) is 0 Å². The first-order valence-electron chi connectivity index (χ1n) is 6.70. The van der Waals surface area contributed by atoms with Crippen LogP contribution in [-0.4, -0.2) is 6.04 Å². The molecule has 3 rings (SSSR count). The third-order valence-corrected chi connectivity index (χ3v) is 3.86. The predicted octanol–water partition coefficient (Wildman–Crippen LogP) is 3.89. The second-order valence-electron chi connectivity index (χ2n) is 5.21. The fourth-order valence-corrected chi connectivity index (χ4v) is 3.03. The second-order valence-corrected chi connectivity index (χ2v) is 5.21. The van der Waals surface area contributed by atoms with Gasteiger partial charge in [0.1, 0.15) is 0 Å². The standard InChI is InChI=1S/C17H19N/c1-13-12-16(14-8-4-2-5-9-14)17(18-13)15-10-6-3-7-11-15/h2-11,13,16-18H,12H2,1H3/t13-,16-,17+/m0/s1. The molecule has 0 radical (unpaired) electrons. The van der Waals surface area contributed by atoms with Gasteiger partial charge in [-0.15, -0.1) is 0 Å². The summed E-state index contributed by atoms with van der Waals surface area (Å²) in [6.45, 7) is 2.28. The average molecular weight is 237 g/mol. The van der Waals surface area contributed by atoms with Crippen molar-refractivity contribution in [3.63, 3.8) is 0 Å². The van der Waals surface area contributed by atoms with Crippen molar-refractivity contribution in [3.05, 3.63) is 71.8 Å². The summed E-state index contributed by atoms with van der Waals surface area (Å²) in [6, 6.07) is 22.7. The van der Waals surface area contributed by atoms with E-state index in [4.69, 9.17) is 0 Å². The Morgan fingerprint density at radius 1 is 0.833 bits per heavy atom. The van der Waals surface area contributed by atoms with Crippen molar-refractivity contribution >= 4 is 0 Å². The summed E-state index contributed by atoms with van der Waals surface area (Å²) in [7, 11) is 0. The van der Waals surface area contributed by atoms with Gasteiger partial charge in [0.2, 0.25) is 0 Å². The molecule has 2 aromatic rings. The first-order valence-corrected chi connectivity index (χ1v) is 6.70. The molecule has 0 aromatic heterocycles. The summed E-state index contributed by atoms with van der Waals surface area (Å²) in [6.07, 6.45) is 1.21. The SMILES string of the molecule is C[C@H]1C[C@@H](c2ccccc2)[C@@H](c2ccccc2)N1. The Hall–Kier alpha value is -1.60. The molecule has 2 aromatic carbocycles. The summed E-state index contributed by atoms with van der Waals surface area (Å²) in [4.78, 5) is 0. The van der Waals surface area contributed by atoms with Gasteiger partial charge in [0.15, 0.2) is 0 Å². The van der Waals surface area contributed by atoms with Crippen LogP contribution in [0.4, 0.5) is 0 Å². The van der Waals surface area contributed by atoms with E-state index in [1.54, 1.807) is 0 Å². The average Bonchev–Trinajstić information content (AvgIpc) is 2.83. The molecule has 0 unspecified atom stereocenters. The third-order valence-electron chi connectivity index (χ3n) is 3.86. The van der Waals surface area contributed by atoms with Crippen LogP contribution < -0.4 is 5.32 Å². The summed E-state index contributed by atoms with van der Waals surface area (Å²) >= 11 is 0. The minimum atomic E-state index is 0.448. The maximum absolute atomic E-state index is 3.72. The molecule has 1 N–H and O–H groups in total. The zero-order valence-corrected chi connectivity index (χ0v) is 10.7. The molecule has 1 saturated heterocycles. The van der Waals surface area contributed by atoms with Crippen LogP contribution in [0.15, 0.2) is 60.7 Å². The van der Waals surface area contributed by atoms with Gasteiger partial charge < -0.3 is 5.32 Å². The lowest BCUT2D eigenvalue weighted by Crippen LogP contribution is -2.22. The van der Waals surface area contributed by atoms with Crippen molar-refractivity contribution in [2.24, 2.45) is 0 Å². The van der Waals surface area contributed by atoms with Crippen LogP contribution in [0.1, 0.15) is 36.4 Å². The van der Waals surface area contributed by atoms with Crippen LogP contribution in [0.25, 0.3) is 0 Å². The van der Waals surface area contributed by atoms with E-state index in [0.29, 0.717) is 18.0 Å². The maximum Gasteiger partial charge on any atom is 0.0392 e. The van der Waals surface area contributed by atoms with E-state index < -0.39 is 0 Å². The number of rotatable bonds is 2. The van der Waals surface area contributed by atoms with Crippen molar-refractivity contribution in [2.45, 2.75) is 31.3 Å². The lowest BCUT2D eigenvalue weighted by Gasteiger charge is -2.20. The Morgan fingerprint density at radius 2 is 1.39 bits per heavy atom. The van der Waals surface area contributed by atoms with Gasteiger partial charge in [0.25, 0.3) is 0 Å². The van der Waals surface area contributed by atoms with Crippen molar-refractivity contribution in [2.75, 3.05) is 0 Å². The molecular weight excluding hydrogens is 218 g/mol. The van der Waals surface area contributed by atoms with Crippen molar-refractivity contribution in [1.82, 2.24) is 5.32 Å². The molecule has 1 heteroatoms. The zero-order chi connectivity index (χ0) is 12.4. The number of hydrogen-bond donors (Lipinski definition) is 1. The fourth-order valence-electron chi connectivity index (χ4n) is 3.03. The van der Waals surface area contributed by atoms with Gasteiger partial charge in [0, 0.05) is 18.0 Å². The predicted molar refractivity (Wildman–Crippen MR) is 75.6 cm³/mol. The second kappa shape index (κ2) is 4.95. The minimum Gasteiger partial charge on any atom is -0.307 e. The monoisotopic (exact) mass is 237 g/mol. The molecule has 1 heterocycles. The maximum atomic E-state index is 3.72. The largest absolute Gasteiger partial charge is 0.307 e. The highest BCUT2D eigenvalue weighted by Gasteiger charge is 2.33. The van der Waals surface area contributed by atoms with E-state index in [1.165, 1.54) is 17.5 Å². The van der Waals surface area contributed by atoms with Crippen LogP contribution >= 0.6 is 0 Å². The third kappa shape index (κ3) is 2.19. The first-order chi connectivity index (χ1) is 8.84. The molecule has 1 nitrogen and oxygen atoms in total. The van der Waals surface area contributed by atoms with Gasteiger partial charge in [-0.3, -0.25) is 0 Å². The van der Waals surface area contributed by atoms with Crippen LogP contribution in [0.2, 0.25) is 0 Å². The Kier molecular flexibility index (Phi) is 3.16. The van der Waals surface area contributed by atoms with Gasteiger partial charge in [0.05, 0.1) is 0 Å². The summed E-state index contributed by atoms with van der Waals surface area (Å²) in [5.41, 5.74) is 2.85. The summed E-state index contributed by atoms with van der Waals surface area (Å²) < 4.78 is 0. The van der Waals surface area contributed by atoms with Crippen molar-refractivity contribution in [1.29, 1.82) is 0 Å². The van der Waals surface area contributed by atoms with Crippen LogP contribution in [0.5, 0.6) is 0 Å². The van der Waals surface area contributed by atoms with E-state index >= 15 is 0 Å². The molecule has 3 atom stereocenters. The van der Waals surface area contributed by atoms with E-state index in [9.17, 15) is 0 Å². The molecule has 0 aliphatic carbocycles. The highest BCUT2D eigenvalue weighted by molar-refractivity contribution is 5.30. The highest BCUT2D eigenvalue weighted by Crippen LogP contribution is 2.39. The molecule has 92 valence electrons. The lowest BCUT2D eigenvalue weighted by atomic mass is 9.87. The number of benzene rings is 2. The van der Waals surface area contributed by atoms with Crippen LogP contribution in [0.3, 0.4) is 0 Å². The Bertz CT molecular complexity index is 444. The quantitative estimate of drug-likeness (QED) is 0.835. The highest BCUT2D eigenvalue weighted by atomic mass is 15.0. The van der Waals surface area contributed by atoms with Gasteiger partial charge in [-0.1, -0.05) is 60.7 Å². The zero-order valence-electron chi connectivity index (χ0n) is 10.7. The molecule has 18 heavy (non-hydrogen) atoms. The molecule has 0 amide bonds. The van der Waals surface area contributed by atoms with E-state index in [0.717, 1.165) is 0 Å². The van der Waals surface area contributed by atoms with E-state index in [-0.39, 0.29) is 0 Å². The molecule has 1 aliphatic heterocycles. The van der Waals surface area contributed by atoms with Crippen LogP contribution in [-0.2, 0) is 0 Å². The summed E-state index contributed by atoms with van der Waals surface area (Å²) in [5, 5.41) is 3.72. The minimum absolute atomic E-state index is 0.448. The molecule has 1 fully saturated rings. The van der Waals surface area contributed by atoms with E-state index in [1.807, 2.05) is 0 Å².